The van der Waals surface area contributed by atoms with E-state index in [1.54, 1.807) is 10.9 Å². The lowest BCUT2D eigenvalue weighted by Crippen LogP contribution is -2.39. The lowest BCUT2D eigenvalue weighted by molar-refractivity contribution is 0.0938. The predicted octanol–water partition coefficient (Wildman–Crippen LogP) is 1.39. The zero-order chi connectivity index (χ0) is 13.2. The molecule has 1 aliphatic heterocycles. The third-order valence-corrected chi connectivity index (χ3v) is 5.00. The minimum absolute atomic E-state index is 0.0107. The number of carbonyl (C=O) groups is 1. The maximum Gasteiger partial charge on any atom is 0.211 e. The second kappa shape index (κ2) is 5.46. The predicted molar refractivity (Wildman–Crippen MR) is 70.2 cm³/mol. The normalized spacial score (nSPS) is 21.9. The maximum atomic E-state index is 11.9. The Morgan fingerprint density at radius 1 is 1.61 bits per heavy atom. The Labute approximate surface area is 111 Å². The first kappa shape index (κ1) is 13.6. The molecule has 0 amide bonds. The molecule has 0 aromatic carbocycles. The average Bonchev–Trinajstić information content (AvgIpc) is 2.81. The fourth-order valence-corrected chi connectivity index (χ4v) is 3.71. The summed E-state index contributed by atoms with van der Waals surface area (Å²) in [6, 6.07) is 0. The van der Waals surface area contributed by atoms with Crippen molar-refractivity contribution < 1.29 is 13.2 Å². The largest absolute Gasteiger partial charge is 0.292 e. The summed E-state index contributed by atoms with van der Waals surface area (Å²) in [7, 11) is -3.14. The van der Waals surface area contributed by atoms with Gasteiger partial charge in [0, 0.05) is 24.9 Å². The van der Waals surface area contributed by atoms with Gasteiger partial charge in [-0.15, -0.1) is 11.3 Å². The number of hydrogen-bond acceptors (Lipinski definition) is 5. The van der Waals surface area contributed by atoms with Crippen LogP contribution in [0.25, 0.3) is 0 Å². The number of thiazole rings is 1. The Bertz CT molecular complexity index is 510. The van der Waals surface area contributed by atoms with Crippen molar-refractivity contribution in [1.29, 1.82) is 0 Å². The molecule has 1 fully saturated rings. The zero-order valence-electron chi connectivity index (χ0n) is 10.2. The van der Waals surface area contributed by atoms with Gasteiger partial charge in [-0.2, -0.15) is 0 Å². The van der Waals surface area contributed by atoms with Crippen molar-refractivity contribution >= 4 is 27.1 Å². The van der Waals surface area contributed by atoms with Gasteiger partial charge in [-0.3, -0.25) is 4.79 Å². The van der Waals surface area contributed by atoms with Gasteiger partial charge in [0.1, 0.15) is 5.69 Å². The fraction of sp³-hybridized carbons (Fsp3) is 0.636. The SMILES string of the molecule is CS(=O)(=O)N1CCCC(CC(=O)c2cscn2)C1. The summed E-state index contributed by atoms with van der Waals surface area (Å²) in [5.41, 5.74) is 2.13. The highest BCUT2D eigenvalue weighted by molar-refractivity contribution is 7.88. The van der Waals surface area contributed by atoms with Gasteiger partial charge in [-0.1, -0.05) is 0 Å². The monoisotopic (exact) mass is 288 g/mol. The van der Waals surface area contributed by atoms with E-state index < -0.39 is 10.0 Å². The van der Waals surface area contributed by atoms with Crippen LogP contribution in [0.3, 0.4) is 0 Å². The lowest BCUT2D eigenvalue weighted by atomic mass is 9.93. The minimum Gasteiger partial charge on any atom is -0.292 e. The first-order valence-electron chi connectivity index (χ1n) is 5.83. The van der Waals surface area contributed by atoms with Gasteiger partial charge < -0.3 is 0 Å². The molecule has 0 radical (unpaired) electrons. The second-order valence-corrected chi connectivity index (χ2v) is 7.33. The molecular weight excluding hydrogens is 272 g/mol. The van der Waals surface area contributed by atoms with Gasteiger partial charge >= 0.3 is 0 Å². The molecule has 0 spiro atoms. The molecule has 1 aromatic rings. The number of nitrogens with zero attached hydrogens (tertiary/aromatic N) is 2. The molecule has 1 aromatic heterocycles. The van der Waals surface area contributed by atoms with Gasteiger partial charge in [0.05, 0.1) is 11.8 Å². The van der Waals surface area contributed by atoms with E-state index in [0.29, 0.717) is 25.2 Å². The first-order valence-corrected chi connectivity index (χ1v) is 8.62. The summed E-state index contributed by atoms with van der Waals surface area (Å²) in [4.78, 5) is 15.9. The molecule has 1 unspecified atom stereocenters. The molecule has 2 rings (SSSR count). The first-order chi connectivity index (χ1) is 8.47. The van der Waals surface area contributed by atoms with Crippen LogP contribution in [0.15, 0.2) is 10.9 Å². The van der Waals surface area contributed by atoms with Crippen molar-refractivity contribution in [2.45, 2.75) is 19.3 Å². The van der Waals surface area contributed by atoms with E-state index in [4.69, 9.17) is 0 Å². The molecule has 1 atom stereocenters. The Morgan fingerprint density at radius 2 is 2.39 bits per heavy atom. The highest BCUT2D eigenvalue weighted by atomic mass is 32.2. The Kier molecular flexibility index (Phi) is 4.14. The number of aromatic nitrogens is 1. The lowest BCUT2D eigenvalue weighted by Gasteiger charge is -2.30. The molecule has 0 N–H and O–H groups in total. The van der Waals surface area contributed by atoms with Crippen molar-refractivity contribution in [2.75, 3.05) is 19.3 Å². The summed E-state index contributed by atoms with van der Waals surface area (Å²) in [6.45, 7) is 1.02. The molecule has 18 heavy (non-hydrogen) atoms. The number of Topliss-reactive ketones (excluding diaryl/α,β-unsaturated/α-hetero) is 1. The molecule has 1 aliphatic rings. The molecule has 100 valence electrons. The summed E-state index contributed by atoms with van der Waals surface area (Å²) in [6.07, 6.45) is 3.33. The standard InChI is InChI=1S/C11H16N2O3S2/c1-18(15,16)13-4-2-3-9(6-13)5-11(14)10-7-17-8-12-10/h7-9H,2-6H2,1H3. The Hall–Kier alpha value is -0.790. The van der Waals surface area contributed by atoms with Crippen LogP contribution < -0.4 is 0 Å². The number of rotatable bonds is 4. The van der Waals surface area contributed by atoms with Crippen LogP contribution >= 0.6 is 11.3 Å². The number of carbonyl (C=O) groups excluding carboxylic acids is 1. The van der Waals surface area contributed by atoms with E-state index >= 15 is 0 Å². The van der Waals surface area contributed by atoms with Gasteiger partial charge in [-0.05, 0) is 18.8 Å². The average molecular weight is 288 g/mol. The van der Waals surface area contributed by atoms with Crippen LogP contribution in [-0.2, 0) is 10.0 Å². The summed E-state index contributed by atoms with van der Waals surface area (Å²) >= 11 is 1.40. The number of hydrogen-bond donors (Lipinski definition) is 0. The van der Waals surface area contributed by atoms with E-state index in [2.05, 4.69) is 4.98 Å². The van der Waals surface area contributed by atoms with Crippen molar-refractivity contribution in [3.63, 3.8) is 0 Å². The molecule has 0 aliphatic carbocycles. The zero-order valence-corrected chi connectivity index (χ0v) is 11.8. The summed E-state index contributed by atoms with van der Waals surface area (Å²) in [5.74, 6) is 0.124. The molecule has 1 saturated heterocycles. The second-order valence-electron chi connectivity index (χ2n) is 4.63. The van der Waals surface area contributed by atoms with Crippen LogP contribution in [0.4, 0.5) is 0 Å². The highest BCUT2D eigenvalue weighted by Gasteiger charge is 2.27. The minimum atomic E-state index is -3.14. The Balaban J connectivity index is 1.96. The molecule has 0 bridgehead atoms. The van der Waals surface area contributed by atoms with Crippen LogP contribution in [0, 0.1) is 5.92 Å². The topological polar surface area (TPSA) is 67.3 Å². The van der Waals surface area contributed by atoms with Crippen LogP contribution in [0.5, 0.6) is 0 Å². The number of sulfonamides is 1. The van der Waals surface area contributed by atoms with Crippen molar-refractivity contribution in [3.05, 3.63) is 16.6 Å². The van der Waals surface area contributed by atoms with Gasteiger partial charge in [-0.25, -0.2) is 17.7 Å². The smallest absolute Gasteiger partial charge is 0.211 e. The van der Waals surface area contributed by atoms with Crippen LogP contribution in [0.1, 0.15) is 29.8 Å². The highest BCUT2D eigenvalue weighted by Crippen LogP contribution is 2.23. The third kappa shape index (κ3) is 3.37. The van der Waals surface area contributed by atoms with Crippen molar-refractivity contribution in [3.8, 4) is 0 Å². The van der Waals surface area contributed by atoms with Gasteiger partial charge in [0.2, 0.25) is 10.0 Å². The molecular formula is C11H16N2O3S2. The fourth-order valence-electron chi connectivity index (χ4n) is 2.21. The molecule has 7 heteroatoms. The Morgan fingerprint density at radius 3 is 3.00 bits per heavy atom. The van der Waals surface area contributed by atoms with Crippen molar-refractivity contribution in [1.82, 2.24) is 9.29 Å². The van der Waals surface area contributed by atoms with Crippen LogP contribution in [-0.4, -0.2) is 42.8 Å². The molecule has 2 heterocycles. The quantitative estimate of drug-likeness (QED) is 0.785. The van der Waals surface area contributed by atoms with Crippen molar-refractivity contribution in [2.24, 2.45) is 5.92 Å². The van der Waals surface area contributed by atoms with E-state index in [9.17, 15) is 13.2 Å². The number of piperidine rings is 1. The van der Waals surface area contributed by atoms with Crippen LogP contribution in [0.2, 0.25) is 0 Å². The number of ketones is 1. The van der Waals surface area contributed by atoms with E-state index in [1.165, 1.54) is 21.9 Å². The molecule has 0 saturated carbocycles. The van der Waals surface area contributed by atoms with E-state index in [-0.39, 0.29) is 11.7 Å². The van der Waals surface area contributed by atoms with Gasteiger partial charge in [0.25, 0.3) is 0 Å². The van der Waals surface area contributed by atoms with E-state index in [0.717, 1.165) is 12.8 Å². The third-order valence-electron chi connectivity index (χ3n) is 3.14. The molecule has 5 nitrogen and oxygen atoms in total. The summed E-state index contributed by atoms with van der Waals surface area (Å²) in [5, 5.41) is 1.74. The summed E-state index contributed by atoms with van der Waals surface area (Å²) < 4.78 is 24.4. The van der Waals surface area contributed by atoms with E-state index in [1.807, 2.05) is 0 Å². The van der Waals surface area contributed by atoms with Gasteiger partial charge in [0.15, 0.2) is 5.78 Å². The maximum absolute atomic E-state index is 11.9.